The van der Waals surface area contributed by atoms with Crippen LogP contribution in [0.5, 0.6) is 0 Å². The summed E-state index contributed by atoms with van der Waals surface area (Å²) in [4.78, 5) is 30.4. The number of rotatable bonds is 4. The predicted molar refractivity (Wildman–Crippen MR) is 121 cm³/mol. The van der Waals surface area contributed by atoms with Crippen LogP contribution in [-0.2, 0) is 23.9 Å². The number of aliphatic hydroxyl groups is 1. The third-order valence-corrected chi connectivity index (χ3v) is 7.71. The SMILES string of the molecule is CC[C@H]1OC(=O)C(C)C(=O)C[C@@H](C)[C@](C)(OC)C[C@@H](C)/C(=N\OCF)C(C)C(C)[C@]1(C)O. The van der Waals surface area contributed by atoms with Crippen molar-refractivity contribution in [2.45, 2.75) is 92.0 Å². The van der Waals surface area contributed by atoms with E-state index in [0.29, 0.717) is 18.6 Å². The van der Waals surface area contributed by atoms with E-state index in [1.807, 2.05) is 41.5 Å². The van der Waals surface area contributed by atoms with Crippen molar-refractivity contribution in [3.63, 3.8) is 0 Å². The molecule has 1 N–H and O–H groups in total. The van der Waals surface area contributed by atoms with E-state index in [0.717, 1.165) is 0 Å². The third-order valence-electron chi connectivity index (χ3n) is 7.71. The van der Waals surface area contributed by atoms with Gasteiger partial charge in [-0.3, -0.25) is 9.59 Å². The van der Waals surface area contributed by atoms with Crippen molar-refractivity contribution in [2.24, 2.45) is 34.7 Å². The quantitative estimate of drug-likeness (QED) is 0.382. The van der Waals surface area contributed by atoms with Crippen LogP contribution in [0.3, 0.4) is 0 Å². The third kappa shape index (κ3) is 6.28. The number of alkyl halides is 1. The Balaban J connectivity index is 3.55. The van der Waals surface area contributed by atoms with Crippen LogP contribution < -0.4 is 0 Å². The molecule has 0 aromatic heterocycles. The molecule has 0 aromatic rings. The van der Waals surface area contributed by atoms with Crippen molar-refractivity contribution in [2.75, 3.05) is 14.0 Å². The van der Waals surface area contributed by atoms with E-state index in [-0.39, 0.29) is 30.0 Å². The molecule has 0 aliphatic carbocycles. The highest BCUT2D eigenvalue weighted by Crippen LogP contribution is 2.38. The summed E-state index contributed by atoms with van der Waals surface area (Å²) in [5, 5.41) is 15.5. The molecule has 0 amide bonds. The number of esters is 1. The number of carbonyl (C=O) groups is 2. The van der Waals surface area contributed by atoms with Gasteiger partial charge in [0.05, 0.1) is 11.3 Å². The molecule has 8 atom stereocenters. The molecule has 0 bridgehead atoms. The van der Waals surface area contributed by atoms with E-state index >= 15 is 0 Å². The Kier molecular flexibility index (Phi) is 10.3. The number of methoxy groups -OCH3 is 1. The summed E-state index contributed by atoms with van der Waals surface area (Å²) in [5.41, 5.74) is -1.52. The number of hydrogen-bond donors (Lipinski definition) is 1. The number of halogens is 1. The summed E-state index contributed by atoms with van der Waals surface area (Å²) < 4.78 is 24.3. The summed E-state index contributed by atoms with van der Waals surface area (Å²) in [6, 6.07) is 0. The van der Waals surface area contributed by atoms with Gasteiger partial charge in [-0.1, -0.05) is 39.8 Å². The van der Waals surface area contributed by atoms with Gasteiger partial charge in [0.25, 0.3) is 6.86 Å². The molecule has 7 nitrogen and oxygen atoms in total. The zero-order valence-corrected chi connectivity index (χ0v) is 21.1. The van der Waals surface area contributed by atoms with Gasteiger partial charge in [0, 0.05) is 25.4 Å². The highest BCUT2D eigenvalue weighted by Gasteiger charge is 2.46. The number of Topliss-reactive ketones (excluding diaryl/α,β-unsaturated/α-hetero) is 1. The number of hydrogen-bond acceptors (Lipinski definition) is 7. The topological polar surface area (TPSA) is 94.4 Å². The molecule has 1 saturated heterocycles. The van der Waals surface area contributed by atoms with Gasteiger partial charge < -0.3 is 19.4 Å². The molecule has 1 heterocycles. The lowest BCUT2D eigenvalue weighted by atomic mass is 9.71. The van der Waals surface area contributed by atoms with Gasteiger partial charge >= 0.3 is 5.97 Å². The number of cyclic esters (lactones) is 1. The first-order valence-electron chi connectivity index (χ1n) is 11.5. The Morgan fingerprint density at radius 1 is 1.19 bits per heavy atom. The fourth-order valence-corrected chi connectivity index (χ4v) is 4.66. The van der Waals surface area contributed by atoms with Crippen LogP contribution in [0.1, 0.15) is 74.7 Å². The zero-order chi connectivity index (χ0) is 24.9. The van der Waals surface area contributed by atoms with Gasteiger partial charge in [-0.25, -0.2) is 4.39 Å². The second-order valence-corrected chi connectivity index (χ2v) is 9.81. The molecule has 1 rings (SSSR count). The summed E-state index contributed by atoms with van der Waals surface area (Å²) in [5.74, 6) is -2.91. The standard InChI is InChI=1S/C24H42FNO6/c1-10-20-24(8,29)18(6)16(4)21(26-31-13-25)14(2)12-23(7,30-9)15(3)11-19(27)17(5)22(28)32-20/h14-18,20,29H,10-13H2,1-9H3/b26-21+/t14-,15-,16?,17?,18?,20-,23-,24+/m1/s1. The molecule has 186 valence electrons. The Morgan fingerprint density at radius 2 is 1.78 bits per heavy atom. The molecule has 0 radical (unpaired) electrons. The minimum absolute atomic E-state index is 0.139. The fraction of sp³-hybridized carbons (Fsp3) is 0.875. The molecule has 0 aromatic carbocycles. The lowest BCUT2D eigenvalue weighted by Gasteiger charge is -2.42. The van der Waals surface area contributed by atoms with Gasteiger partial charge in [0.15, 0.2) is 0 Å². The van der Waals surface area contributed by atoms with Gasteiger partial charge in [-0.15, -0.1) is 0 Å². The molecule has 1 fully saturated rings. The van der Waals surface area contributed by atoms with E-state index < -0.39 is 42.0 Å². The first-order chi connectivity index (χ1) is 14.8. The van der Waals surface area contributed by atoms with Crippen LogP contribution in [0.2, 0.25) is 0 Å². The molecular formula is C24H42FNO6. The Morgan fingerprint density at radius 3 is 2.28 bits per heavy atom. The largest absolute Gasteiger partial charge is 0.459 e. The second-order valence-electron chi connectivity index (χ2n) is 9.81. The van der Waals surface area contributed by atoms with E-state index in [1.54, 1.807) is 21.0 Å². The van der Waals surface area contributed by atoms with E-state index in [9.17, 15) is 19.1 Å². The van der Waals surface area contributed by atoms with Gasteiger partial charge in [0.2, 0.25) is 0 Å². The van der Waals surface area contributed by atoms with Crippen LogP contribution in [0.15, 0.2) is 5.16 Å². The average Bonchev–Trinajstić information content (AvgIpc) is 2.74. The molecular weight excluding hydrogens is 417 g/mol. The van der Waals surface area contributed by atoms with Gasteiger partial charge in [-0.2, -0.15) is 0 Å². The van der Waals surface area contributed by atoms with Crippen molar-refractivity contribution < 1.29 is 33.4 Å². The minimum atomic E-state index is -1.41. The number of oxime groups is 1. The van der Waals surface area contributed by atoms with Crippen LogP contribution in [0.25, 0.3) is 0 Å². The Hall–Kier alpha value is -1.54. The number of carbonyl (C=O) groups excluding carboxylic acids is 2. The fourth-order valence-electron chi connectivity index (χ4n) is 4.66. The Labute approximate surface area is 192 Å². The Bertz CT molecular complexity index is 681. The summed E-state index contributed by atoms with van der Waals surface area (Å²) in [6.45, 7) is 13.4. The highest BCUT2D eigenvalue weighted by molar-refractivity contribution is 5.98. The van der Waals surface area contributed by atoms with E-state index in [2.05, 4.69) is 5.16 Å². The van der Waals surface area contributed by atoms with Gasteiger partial charge in [0.1, 0.15) is 23.4 Å². The number of ketones is 1. The molecule has 8 heteroatoms. The van der Waals surface area contributed by atoms with Crippen LogP contribution >= 0.6 is 0 Å². The van der Waals surface area contributed by atoms with E-state index in [1.165, 1.54) is 0 Å². The van der Waals surface area contributed by atoms with Crippen LogP contribution in [0, 0.1) is 29.6 Å². The number of ether oxygens (including phenoxy) is 2. The molecule has 32 heavy (non-hydrogen) atoms. The zero-order valence-electron chi connectivity index (χ0n) is 21.1. The first-order valence-corrected chi connectivity index (χ1v) is 11.5. The van der Waals surface area contributed by atoms with Crippen molar-refractivity contribution in [3.05, 3.63) is 0 Å². The van der Waals surface area contributed by atoms with E-state index in [4.69, 9.17) is 14.3 Å². The highest BCUT2D eigenvalue weighted by atomic mass is 19.1. The first kappa shape index (κ1) is 28.5. The smallest absolute Gasteiger partial charge is 0.316 e. The molecule has 0 saturated carbocycles. The maximum Gasteiger partial charge on any atom is 0.316 e. The van der Waals surface area contributed by atoms with Crippen molar-refractivity contribution >= 4 is 17.5 Å². The van der Waals surface area contributed by atoms with Crippen molar-refractivity contribution in [1.29, 1.82) is 0 Å². The van der Waals surface area contributed by atoms with Crippen molar-refractivity contribution in [1.82, 2.24) is 0 Å². The normalized spacial score (nSPS) is 41.8. The molecule has 3 unspecified atom stereocenters. The average molecular weight is 460 g/mol. The van der Waals surface area contributed by atoms with Crippen molar-refractivity contribution in [3.8, 4) is 0 Å². The maximum atomic E-state index is 12.9. The monoisotopic (exact) mass is 459 g/mol. The van der Waals surface area contributed by atoms with Crippen LogP contribution in [0.4, 0.5) is 4.39 Å². The molecule has 1 aliphatic rings. The summed E-state index contributed by atoms with van der Waals surface area (Å²) in [7, 11) is 1.59. The maximum absolute atomic E-state index is 12.9. The summed E-state index contributed by atoms with van der Waals surface area (Å²) in [6.07, 6.45) is 0.199. The predicted octanol–water partition coefficient (Wildman–Crippen LogP) is 4.31. The van der Waals surface area contributed by atoms with Gasteiger partial charge in [-0.05, 0) is 45.4 Å². The summed E-state index contributed by atoms with van der Waals surface area (Å²) >= 11 is 0. The second kappa shape index (κ2) is 11.5. The minimum Gasteiger partial charge on any atom is -0.459 e. The molecule has 1 aliphatic heterocycles. The lowest BCUT2D eigenvalue weighted by molar-refractivity contribution is -0.177. The number of nitrogens with zero attached hydrogens (tertiary/aromatic N) is 1. The lowest BCUT2D eigenvalue weighted by Crippen LogP contribution is -2.52. The molecule has 0 spiro atoms. The van der Waals surface area contributed by atoms with Crippen LogP contribution in [-0.4, -0.2) is 53.8 Å².